The van der Waals surface area contributed by atoms with Crippen LogP contribution in [0.4, 0.5) is 4.39 Å². The molecule has 0 radical (unpaired) electrons. The van der Waals surface area contributed by atoms with Crippen molar-refractivity contribution in [3.8, 4) is 6.07 Å². The van der Waals surface area contributed by atoms with E-state index in [4.69, 9.17) is 5.26 Å². The zero-order chi connectivity index (χ0) is 8.97. The summed E-state index contributed by atoms with van der Waals surface area (Å²) in [5, 5.41) is 8.20. The molecule has 0 spiro atoms. The fourth-order valence-corrected chi connectivity index (χ4v) is 1.10. The summed E-state index contributed by atoms with van der Waals surface area (Å²) >= 11 is 3.14. The second kappa shape index (κ2) is 4.03. The van der Waals surface area contributed by atoms with Crippen LogP contribution in [0.5, 0.6) is 0 Å². The first-order valence-electron chi connectivity index (χ1n) is 3.25. The Bertz CT molecular complexity index is 352. The van der Waals surface area contributed by atoms with Crippen LogP contribution in [0, 0.1) is 17.1 Å². The number of hydrogen-bond donors (Lipinski definition) is 0. The third kappa shape index (κ3) is 2.18. The largest absolute Gasteiger partial charge is 0.206 e. The molecule has 0 saturated carbocycles. The summed E-state index contributed by atoms with van der Waals surface area (Å²) in [6.45, 7) is 0. The summed E-state index contributed by atoms with van der Waals surface area (Å²) in [7, 11) is 0. The van der Waals surface area contributed by atoms with Gasteiger partial charge in [-0.1, -0.05) is 22.0 Å². The van der Waals surface area contributed by atoms with Gasteiger partial charge in [-0.05, 0) is 18.2 Å². The zero-order valence-electron chi connectivity index (χ0n) is 6.09. The molecule has 0 saturated heterocycles. The maximum Gasteiger partial charge on any atom is 0.131 e. The van der Waals surface area contributed by atoms with Crippen molar-refractivity contribution in [2.24, 2.45) is 0 Å². The normalized spacial score (nSPS) is 10.1. The van der Waals surface area contributed by atoms with Crippen molar-refractivity contribution in [1.29, 1.82) is 5.26 Å². The molecule has 0 aliphatic heterocycles. The maximum atomic E-state index is 13.0. The Kier molecular flexibility index (Phi) is 3.01. The van der Waals surface area contributed by atoms with Gasteiger partial charge in [0.25, 0.3) is 0 Å². The highest BCUT2D eigenvalue weighted by atomic mass is 79.9. The van der Waals surface area contributed by atoms with Crippen LogP contribution < -0.4 is 0 Å². The summed E-state index contributed by atoms with van der Waals surface area (Å²) in [5.41, 5.74) is 0.416. The predicted octanol–water partition coefficient (Wildman–Crippen LogP) is 3.12. The average molecular weight is 226 g/mol. The van der Waals surface area contributed by atoms with Crippen molar-refractivity contribution < 1.29 is 4.39 Å². The smallest absolute Gasteiger partial charge is 0.131 e. The highest BCUT2D eigenvalue weighted by Crippen LogP contribution is 2.15. The van der Waals surface area contributed by atoms with E-state index in [1.54, 1.807) is 18.2 Å². The minimum Gasteiger partial charge on any atom is -0.206 e. The first kappa shape index (κ1) is 8.95. The second-order valence-corrected chi connectivity index (χ2v) is 3.04. The lowest BCUT2D eigenvalue weighted by atomic mass is 10.2. The molecule has 0 heterocycles. The topological polar surface area (TPSA) is 23.8 Å². The highest BCUT2D eigenvalue weighted by molar-refractivity contribution is 9.10. The Balaban J connectivity index is 3.03. The molecular formula is C9H5BrFN. The number of hydrogen-bond acceptors (Lipinski definition) is 1. The van der Waals surface area contributed by atoms with Gasteiger partial charge in [0, 0.05) is 16.1 Å². The minimum atomic E-state index is -0.337. The van der Waals surface area contributed by atoms with Gasteiger partial charge in [0.2, 0.25) is 0 Å². The van der Waals surface area contributed by atoms with Crippen LogP contribution >= 0.6 is 15.9 Å². The number of halogens is 2. The van der Waals surface area contributed by atoms with Crippen LogP contribution in [0.15, 0.2) is 28.7 Å². The molecule has 0 N–H and O–H groups in total. The van der Waals surface area contributed by atoms with Crippen LogP contribution in [-0.2, 0) is 0 Å². The standard InChI is InChI=1S/C9H5BrFN/c10-8-4-3-7(2-1-5-12)9(11)6-8/h1-4,6H. The van der Waals surface area contributed by atoms with Crippen molar-refractivity contribution in [2.45, 2.75) is 0 Å². The van der Waals surface area contributed by atoms with Crippen molar-refractivity contribution in [2.75, 3.05) is 0 Å². The molecule has 1 aromatic carbocycles. The second-order valence-electron chi connectivity index (χ2n) is 2.13. The molecule has 1 aromatic rings. The summed E-state index contributed by atoms with van der Waals surface area (Å²) in [5.74, 6) is -0.337. The SMILES string of the molecule is N#CC=Cc1ccc(Br)cc1F. The molecular weight excluding hydrogens is 221 g/mol. The van der Waals surface area contributed by atoms with E-state index >= 15 is 0 Å². The first-order chi connectivity index (χ1) is 5.74. The molecule has 0 bridgehead atoms. The molecule has 60 valence electrons. The summed E-state index contributed by atoms with van der Waals surface area (Å²) in [6, 6.07) is 6.48. The van der Waals surface area contributed by atoms with Gasteiger partial charge in [-0.2, -0.15) is 5.26 Å². The molecule has 0 aromatic heterocycles. The van der Waals surface area contributed by atoms with Crippen LogP contribution in [0.1, 0.15) is 5.56 Å². The summed E-state index contributed by atoms with van der Waals surface area (Å²) < 4.78 is 13.7. The van der Waals surface area contributed by atoms with Gasteiger partial charge >= 0.3 is 0 Å². The van der Waals surface area contributed by atoms with E-state index < -0.39 is 0 Å². The quantitative estimate of drug-likeness (QED) is 0.675. The van der Waals surface area contributed by atoms with E-state index in [1.165, 1.54) is 18.2 Å². The lowest BCUT2D eigenvalue weighted by Crippen LogP contribution is -1.80. The Hall–Kier alpha value is -1.14. The molecule has 0 aliphatic rings. The van der Waals surface area contributed by atoms with Gasteiger partial charge < -0.3 is 0 Å². The average Bonchev–Trinajstić information content (AvgIpc) is 2.03. The molecule has 0 unspecified atom stereocenters. The Morgan fingerprint density at radius 2 is 2.25 bits per heavy atom. The first-order valence-corrected chi connectivity index (χ1v) is 4.04. The van der Waals surface area contributed by atoms with Crippen molar-refractivity contribution in [3.63, 3.8) is 0 Å². The van der Waals surface area contributed by atoms with Gasteiger partial charge in [0.05, 0.1) is 6.07 Å². The summed E-state index contributed by atoms with van der Waals surface area (Å²) in [4.78, 5) is 0. The third-order valence-corrected chi connectivity index (χ3v) is 1.79. The van der Waals surface area contributed by atoms with E-state index in [1.807, 2.05) is 0 Å². The number of nitriles is 1. The summed E-state index contributed by atoms with van der Waals surface area (Å²) in [6.07, 6.45) is 2.67. The van der Waals surface area contributed by atoms with E-state index in [0.717, 1.165) is 0 Å². The maximum absolute atomic E-state index is 13.0. The van der Waals surface area contributed by atoms with E-state index in [2.05, 4.69) is 15.9 Å². The Morgan fingerprint density at radius 3 is 2.83 bits per heavy atom. The molecule has 0 fully saturated rings. The molecule has 0 amide bonds. The molecule has 0 aliphatic carbocycles. The molecule has 0 atom stereocenters. The van der Waals surface area contributed by atoms with Gasteiger partial charge in [-0.15, -0.1) is 0 Å². The molecule has 12 heavy (non-hydrogen) atoms. The van der Waals surface area contributed by atoms with E-state index in [-0.39, 0.29) is 5.82 Å². The van der Waals surface area contributed by atoms with Crippen LogP contribution in [-0.4, -0.2) is 0 Å². The number of allylic oxidation sites excluding steroid dienone is 1. The van der Waals surface area contributed by atoms with E-state index in [9.17, 15) is 4.39 Å². The van der Waals surface area contributed by atoms with Gasteiger partial charge in [0.1, 0.15) is 5.82 Å². The van der Waals surface area contributed by atoms with Crippen molar-refractivity contribution in [3.05, 3.63) is 40.1 Å². The monoisotopic (exact) mass is 225 g/mol. The van der Waals surface area contributed by atoms with Gasteiger partial charge in [0.15, 0.2) is 0 Å². The van der Waals surface area contributed by atoms with Crippen LogP contribution in [0.3, 0.4) is 0 Å². The fourth-order valence-electron chi connectivity index (χ4n) is 0.764. The Labute approximate surface area is 78.3 Å². The van der Waals surface area contributed by atoms with Gasteiger partial charge in [-0.3, -0.25) is 0 Å². The van der Waals surface area contributed by atoms with Crippen LogP contribution in [0.25, 0.3) is 6.08 Å². The molecule has 1 nitrogen and oxygen atoms in total. The van der Waals surface area contributed by atoms with Gasteiger partial charge in [-0.25, -0.2) is 4.39 Å². The van der Waals surface area contributed by atoms with Crippen LogP contribution in [0.2, 0.25) is 0 Å². The highest BCUT2D eigenvalue weighted by Gasteiger charge is 1.97. The third-order valence-electron chi connectivity index (χ3n) is 1.30. The van der Waals surface area contributed by atoms with E-state index in [0.29, 0.717) is 10.0 Å². The fraction of sp³-hybridized carbons (Fsp3) is 0. The number of nitrogens with zero attached hydrogens (tertiary/aromatic N) is 1. The lowest BCUT2D eigenvalue weighted by Gasteiger charge is -1.95. The molecule has 1 rings (SSSR count). The Morgan fingerprint density at radius 1 is 1.50 bits per heavy atom. The van der Waals surface area contributed by atoms with Crippen molar-refractivity contribution >= 4 is 22.0 Å². The minimum absolute atomic E-state index is 0.337. The lowest BCUT2D eigenvalue weighted by molar-refractivity contribution is 0.624. The van der Waals surface area contributed by atoms with Crippen molar-refractivity contribution in [1.82, 2.24) is 0 Å². The predicted molar refractivity (Wildman–Crippen MR) is 48.7 cm³/mol. The molecule has 3 heteroatoms. The zero-order valence-corrected chi connectivity index (χ0v) is 7.68. The number of rotatable bonds is 1. The number of benzene rings is 1.